The van der Waals surface area contributed by atoms with E-state index in [4.69, 9.17) is 9.47 Å². The number of carbonyl (C=O) groups is 2. The molecule has 2 aromatic carbocycles. The van der Waals surface area contributed by atoms with Crippen molar-refractivity contribution in [3.63, 3.8) is 0 Å². The van der Waals surface area contributed by atoms with E-state index in [1.807, 2.05) is 60.7 Å². The Morgan fingerprint density at radius 3 is 2.30 bits per heavy atom. The Hall–Kier alpha value is -2.86. The molecule has 1 fully saturated rings. The summed E-state index contributed by atoms with van der Waals surface area (Å²) in [5.41, 5.74) is 0.957. The molecule has 0 unspecified atom stereocenters. The number of esters is 1. The van der Waals surface area contributed by atoms with Gasteiger partial charge in [-0.15, -0.1) is 0 Å². The van der Waals surface area contributed by atoms with Gasteiger partial charge in [0.25, 0.3) is 0 Å². The molecule has 1 heterocycles. The second-order valence-corrected chi connectivity index (χ2v) is 6.71. The molecule has 1 aliphatic rings. The molecule has 6 heteroatoms. The van der Waals surface area contributed by atoms with Gasteiger partial charge >= 0.3 is 12.1 Å². The highest BCUT2D eigenvalue weighted by Crippen LogP contribution is 2.25. The third kappa shape index (κ3) is 4.86. The lowest BCUT2D eigenvalue weighted by Crippen LogP contribution is -2.56. The molecule has 1 aliphatic heterocycles. The minimum Gasteiger partial charge on any atom is -0.467 e. The highest BCUT2D eigenvalue weighted by atomic mass is 16.6. The summed E-state index contributed by atoms with van der Waals surface area (Å²) in [4.78, 5) is 26.9. The van der Waals surface area contributed by atoms with E-state index < -0.39 is 17.6 Å². The van der Waals surface area contributed by atoms with Crippen molar-refractivity contribution in [1.82, 2.24) is 10.2 Å². The Balaban J connectivity index is 1.61. The lowest BCUT2D eigenvalue weighted by molar-refractivity contribution is -0.147. The fourth-order valence-corrected chi connectivity index (χ4v) is 3.33. The largest absolute Gasteiger partial charge is 0.467 e. The van der Waals surface area contributed by atoms with Gasteiger partial charge < -0.3 is 14.8 Å². The van der Waals surface area contributed by atoms with Crippen LogP contribution in [0.3, 0.4) is 0 Å². The first-order chi connectivity index (χ1) is 13.1. The van der Waals surface area contributed by atoms with Crippen molar-refractivity contribution in [2.75, 3.05) is 20.2 Å². The number of alkyl carbamates (subject to hydrolysis) is 1. The average molecular weight is 368 g/mol. The Morgan fingerprint density at radius 1 is 1.04 bits per heavy atom. The van der Waals surface area contributed by atoms with Crippen molar-refractivity contribution in [2.45, 2.75) is 25.1 Å². The third-order valence-corrected chi connectivity index (χ3v) is 4.73. The molecule has 3 rings (SSSR count). The summed E-state index contributed by atoms with van der Waals surface area (Å²) in [6.45, 7) is 1.93. The van der Waals surface area contributed by atoms with Crippen LogP contribution in [0.1, 0.15) is 17.5 Å². The van der Waals surface area contributed by atoms with Crippen LogP contribution in [0.25, 0.3) is 0 Å². The van der Waals surface area contributed by atoms with Crippen LogP contribution in [0.4, 0.5) is 4.79 Å². The SMILES string of the molecule is COC(=O)[C@]1(NC(=O)OCc2ccccc2)CCN(Cc2ccccc2)C1. The number of benzene rings is 2. The monoisotopic (exact) mass is 368 g/mol. The molecule has 0 aromatic heterocycles. The molecule has 27 heavy (non-hydrogen) atoms. The topological polar surface area (TPSA) is 67.9 Å². The molecule has 0 saturated carbocycles. The summed E-state index contributed by atoms with van der Waals surface area (Å²) in [6, 6.07) is 19.4. The Morgan fingerprint density at radius 2 is 1.67 bits per heavy atom. The maximum Gasteiger partial charge on any atom is 0.408 e. The molecule has 1 atom stereocenters. The first-order valence-electron chi connectivity index (χ1n) is 8.95. The van der Waals surface area contributed by atoms with Crippen LogP contribution in [-0.4, -0.2) is 42.7 Å². The molecule has 1 amide bonds. The molecule has 0 bridgehead atoms. The van der Waals surface area contributed by atoms with Crippen molar-refractivity contribution in [3.8, 4) is 0 Å². The van der Waals surface area contributed by atoms with Gasteiger partial charge in [-0.05, 0) is 17.5 Å². The van der Waals surface area contributed by atoms with E-state index in [0.717, 1.165) is 11.1 Å². The van der Waals surface area contributed by atoms with Gasteiger partial charge in [-0.25, -0.2) is 9.59 Å². The zero-order valence-corrected chi connectivity index (χ0v) is 15.4. The number of rotatable bonds is 6. The van der Waals surface area contributed by atoms with Crippen molar-refractivity contribution >= 4 is 12.1 Å². The summed E-state index contributed by atoms with van der Waals surface area (Å²) >= 11 is 0. The molecular weight excluding hydrogens is 344 g/mol. The molecule has 1 saturated heterocycles. The molecule has 142 valence electrons. The van der Waals surface area contributed by atoms with Crippen molar-refractivity contribution in [2.24, 2.45) is 0 Å². The van der Waals surface area contributed by atoms with Crippen molar-refractivity contribution in [3.05, 3.63) is 71.8 Å². The first kappa shape index (κ1) is 18.9. The summed E-state index contributed by atoms with van der Waals surface area (Å²) < 4.78 is 10.3. The number of methoxy groups -OCH3 is 1. The second kappa shape index (κ2) is 8.68. The standard InChI is InChI=1S/C21H24N2O4/c1-26-19(24)21(22-20(25)27-15-18-10-6-3-7-11-18)12-13-23(16-21)14-17-8-4-2-5-9-17/h2-11H,12-16H2,1H3,(H,22,25)/t21-/m0/s1. The number of nitrogens with zero attached hydrogens (tertiary/aromatic N) is 1. The van der Waals surface area contributed by atoms with Crippen molar-refractivity contribution in [1.29, 1.82) is 0 Å². The number of nitrogens with one attached hydrogen (secondary N) is 1. The van der Waals surface area contributed by atoms with E-state index in [2.05, 4.69) is 10.2 Å². The zero-order valence-electron chi connectivity index (χ0n) is 15.4. The summed E-state index contributed by atoms with van der Waals surface area (Å²) in [5.74, 6) is -0.449. The fraction of sp³-hybridized carbons (Fsp3) is 0.333. The summed E-state index contributed by atoms with van der Waals surface area (Å²) in [6.07, 6.45) is -0.141. The maximum absolute atomic E-state index is 12.4. The molecule has 0 radical (unpaired) electrons. The van der Waals surface area contributed by atoms with Gasteiger partial charge in [0.1, 0.15) is 6.61 Å². The number of likely N-dealkylation sites (tertiary alicyclic amines) is 1. The highest BCUT2D eigenvalue weighted by Gasteiger charge is 2.47. The van der Waals surface area contributed by atoms with Crippen LogP contribution in [0.15, 0.2) is 60.7 Å². The smallest absolute Gasteiger partial charge is 0.408 e. The van der Waals surface area contributed by atoms with Gasteiger partial charge in [-0.3, -0.25) is 4.90 Å². The number of carbonyl (C=O) groups excluding carboxylic acids is 2. The third-order valence-electron chi connectivity index (χ3n) is 4.73. The lowest BCUT2D eigenvalue weighted by Gasteiger charge is -2.27. The maximum atomic E-state index is 12.4. The predicted molar refractivity (Wildman–Crippen MR) is 101 cm³/mol. The van der Waals surface area contributed by atoms with Crippen LogP contribution >= 0.6 is 0 Å². The van der Waals surface area contributed by atoms with Gasteiger partial charge in [0.2, 0.25) is 0 Å². The van der Waals surface area contributed by atoms with Gasteiger partial charge in [0, 0.05) is 19.6 Å². The number of ether oxygens (including phenoxy) is 2. The molecule has 0 aliphatic carbocycles. The van der Waals surface area contributed by atoms with Crippen LogP contribution in [0.5, 0.6) is 0 Å². The minimum absolute atomic E-state index is 0.150. The summed E-state index contributed by atoms with van der Waals surface area (Å²) in [5, 5.41) is 2.75. The number of hydrogen-bond acceptors (Lipinski definition) is 5. The highest BCUT2D eigenvalue weighted by molar-refractivity contribution is 5.86. The molecule has 0 spiro atoms. The minimum atomic E-state index is -1.09. The van der Waals surface area contributed by atoms with Crippen LogP contribution in [0, 0.1) is 0 Å². The quantitative estimate of drug-likeness (QED) is 0.794. The predicted octanol–water partition coefficient (Wildman–Crippen LogP) is 2.73. The second-order valence-electron chi connectivity index (χ2n) is 6.71. The van der Waals surface area contributed by atoms with Crippen LogP contribution in [0.2, 0.25) is 0 Å². The van der Waals surface area contributed by atoms with Gasteiger partial charge in [-0.2, -0.15) is 0 Å². The van der Waals surface area contributed by atoms with E-state index in [1.54, 1.807) is 0 Å². The molecule has 1 N–H and O–H groups in total. The summed E-state index contributed by atoms with van der Waals surface area (Å²) in [7, 11) is 1.33. The van der Waals surface area contributed by atoms with E-state index in [9.17, 15) is 9.59 Å². The van der Waals surface area contributed by atoms with Crippen LogP contribution in [-0.2, 0) is 27.4 Å². The molecule has 6 nitrogen and oxygen atoms in total. The Labute approximate surface area is 159 Å². The van der Waals surface area contributed by atoms with E-state index in [-0.39, 0.29) is 6.61 Å². The first-order valence-corrected chi connectivity index (χ1v) is 8.95. The van der Waals surface area contributed by atoms with Gasteiger partial charge in [0.05, 0.1) is 7.11 Å². The van der Waals surface area contributed by atoms with Gasteiger partial charge in [0.15, 0.2) is 5.54 Å². The fourth-order valence-electron chi connectivity index (χ4n) is 3.33. The van der Waals surface area contributed by atoms with Crippen molar-refractivity contribution < 1.29 is 19.1 Å². The lowest BCUT2D eigenvalue weighted by atomic mass is 9.99. The molecule has 2 aromatic rings. The normalized spacial score (nSPS) is 19.4. The number of amides is 1. The Kier molecular flexibility index (Phi) is 6.08. The molecular formula is C21H24N2O4. The van der Waals surface area contributed by atoms with E-state index in [0.29, 0.717) is 26.1 Å². The van der Waals surface area contributed by atoms with Crippen LogP contribution < -0.4 is 5.32 Å². The average Bonchev–Trinajstić information content (AvgIpc) is 3.11. The van der Waals surface area contributed by atoms with E-state index in [1.165, 1.54) is 7.11 Å². The zero-order chi connectivity index (χ0) is 19.1. The van der Waals surface area contributed by atoms with E-state index >= 15 is 0 Å². The van der Waals surface area contributed by atoms with Gasteiger partial charge in [-0.1, -0.05) is 60.7 Å². The Bertz CT molecular complexity index is 766. The number of hydrogen-bond donors (Lipinski definition) is 1.